The van der Waals surface area contributed by atoms with Crippen molar-refractivity contribution in [1.82, 2.24) is 0 Å². The normalized spacial score (nSPS) is 31.2. The first-order chi connectivity index (χ1) is 8.34. The molecule has 0 atom stereocenters. The largest absolute Gasteiger partial charge is 0.490 e. The van der Waals surface area contributed by atoms with Crippen LogP contribution in [0.25, 0.3) is 0 Å². The first-order valence-electron chi connectivity index (χ1n) is 7.11. The molecule has 0 radical (unpaired) electrons. The second-order valence-corrected chi connectivity index (χ2v) is 10.3. The van der Waals surface area contributed by atoms with E-state index >= 15 is 0 Å². The van der Waals surface area contributed by atoms with Crippen LogP contribution >= 0.6 is 11.8 Å². The Hall–Kier alpha value is 0.0749. The Morgan fingerprint density at radius 2 is 1.42 bits per heavy atom. The molecule has 0 spiro atoms. The van der Waals surface area contributed by atoms with E-state index in [1.165, 1.54) is 5.47 Å². The van der Waals surface area contributed by atoms with E-state index in [4.69, 9.17) is 9.31 Å². The first-order valence-corrected chi connectivity index (χ1v) is 7.93. The summed E-state index contributed by atoms with van der Waals surface area (Å²) in [5.74, 6) is 0. The van der Waals surface area contributed by atoms with Gasteiger partial charge in [-0.1, -0.05) is 19.9 Å². The number of hydrogen-bond acceptors (Lipinski definition) is 3. The van der Waals surface area contributed by atoms with E-state index in [0.717, 1.165) is 6.42 Å². The summed E-state index contributed by atoms with van der Waals surface area (Å²) in [5, 5.41) is 0. The molecule has 0 bridgehead atoms. The molecule has 0 saturated carbocycles. The van der Waals surface area contributed by atoms with Crippen molar-refractivity contribution in [3.63, 3.8) is 0 Å². The van der Waals surface area contributed by atoms with E-state index in [9.17, 15) is 0 Å². The summed E-state index contributed by atoms with van der Waals surface area (Å²) >= 11 is 2.02. The van der Waals surface area contributed by atoms with Crippen LogP contribution in [0.3, 0.4) is 0 Å². The van der Waals surface area contributed by atoms with Crippen molar-refractivity contribution >= 4 is 18.9 Å². The van der Waals surface area contributed by atoms with Gasteiger partial charge in [-0.2, -0.15) is 0 Å². The minimum atomic E-state index is -0.253. The van der Waals surface area contributed by atoms with Gasteiger partial charge in [-0.25, -0.2) is 0 Å². The lowest BCUT2D eigenvalue weighted by molar-refractivity contribution is 0.00578. The van der Waals surface area contributed by atoms with Gasteiger partial charge in [0.2, 0.25) is 0 Å². The molecule has 0 unspecified atom stereocenters. The molecule has 0 aliphatic carbocycles. The van der Waals surface area contributed by atoms with Crippen LogP contribution in [-0.4, -0.2) is 27.8 Å². The third-order valence-electron chi connectivity index (χ3n) is 4.26. The SMILES string of the molecule is CC1(C)C=C(B2OC(C)(C)C(C)(C)O2)CC(C)(C)S1. The van der Waals surface area contributed by atoms with Crippen molar-refractivity contribution in [2.24, 2.45) is 0 Å². The second-order valence-electron chi connectivity index (χ2n) is 7.95. The van der Waals surface area contributed by atoms with E-state index in [1.54, 1.807) is 0 Å². The smallest absolute Gasteiger partial charge is 0.400 e. The van der Waals surface area contributed by atoms with Crippen molar-refractivity contribution in [2.45, 2.75) is 82.5 Å². The fourth-order valence-electron chi connectivity index (χ4n) is 2.91. The average molecular weight is 282 g/mol. The Bertz CT molecular complexity index is 394. The molecule has 2 nitrogen and oxygen atoms in total. The molecule has 0 amide bonds. The topological polar surface area (TPSA) is 18.5 Å². The van der Waals surface area contributed by atoms with Crippen LogP contribution < -0.4 is 0 Å². The molecule has 2 heterocycles. The molecular weight excluding hydrogens is 255 g/mol. The van der Waals surface area contributed by atoms with Gasteiger partial charge < -0.3 is 9.31 Å². The standard InChI is InChI=1S/C15H27BO2S/c1-12(2)9-11(10-13(3,4)19-12)16-17-14(5,6)15(7,8)18-16/h9H,10H2,1-8H3. The lowest BCUT2D eigenvalue weighted by atomic mass is 9.72. The maximum absolute atomic E-state index is 6.19. The molecule has 19 heavy (non-hydrogen) atoms. The van der Waals surface area contributed by atoms with Crippen LogP contribution in [0.5, 0.6) is 0 Å². The Morgan fingerprint density at radius 3 is 1.84 bits per heavy atom. The van der Waals surface area contributed by atoms with Crippen molar-refractivity contribution < 1.29 is 9.31 Å². The highest BCUT2D eigenvalue weighted by Crippen LogP contribution is 2.49. The molecule has 0 aromatic heterocycles. The number of rotatable bonds is 1. The monoisotopic (exact) mass is 282 g/mol. The molecule has 2 aliphatic rings. The van der Waals surface area contributed by atoms with E-state index < -0.39 is 0 Å². The van der Waals surface area contributed by atoms with Crippen LogP contribution in [-0.2, 0) is 9.31 Å². The summed E-state index contributed by atoms with van der Waals surface area (Å²) in [5.41, 5.74) is 0.793. The quantitative estimate of drug-likeness (QED) is 0.670. The predicted molar refractivity (Wildman–Crippen MR) is 84.5 cm³/mol. The number of allylic oxidation sites excluding steroid dienone is 1. The van der Waals surface area contributed by atoms with Gasteiger partial charge in [-0.15, -0.1) is 11.8 Å². The van der Waals surface area contributed by atoms with Crippen molar-refractivity contribution in [1.29, 1.82) is 0 Å². The summed E-state index contributed by atoms with van der Waals surface area (Å²) in [7, 11) is -0.190. The predicted octanol–water partition coefficient (Wildman–Crippen LogP) is 4.24. The summed E-state index contributed by atoms with van der Waals surface area (Å²) in [6, 6.07) is 0. The lowest BCUT2D eigenvalue weighted by Crippen LogP contribution is -2.41. The number of thioether (sulfide) groups is 1. The third-order valence-corrected chi connectivity index (χ3v) is 5.60. The maximum atomic E-state index is 6.19. The second kappa shape index (κ2) is 4.28. The molecule has 2 rings (SSSR count). The maximum Gasteiger partial charge on any atom is 0.490 e. The average Bonchev–Trinajstić information content (AvgIpc) is 2.30. The summed E-state index contributed by atoms with van der Waals surface area (Å²) in [6.45, 7) is 17.6. The van der Waals surface area contributed by atoms with Gasteiger partial charge in [-0.05, 0) is 53.4 Å². The highest BCUT2D eigenvalue weighted by molar-refractivity contribution is 8.02. The first kappa shape index (κ1) is 15.5. The van der Waals surface area contributed by atoms with E-state index in [0.29, 0.717) is 0 Å². The summed E-state index contributed by atoms with van der Waals surface area (Å²) in [6.07, 6.45) is 3.36. The van der Waals surface area contributed by atoms with Crippen LogP contribution in [0.4, 0.5) is 0 Å². The zero-order chi connectivity index (χ0) is 14.7. The Kier molecular flexibility index (Phi) is 3.49. The number of hydrogen-bond donors (Lipinski definition) is 0. The zero-order valence-corrected chi connectivity index (χ0v) is 14.4. The van der Waals surface area contributed by atoms with Gasteiger partial charge in [-0.3, -0.25) is 0 Å². The highest BCUT2D eigenvalue weighted by Gasteiger charge is 2.53. The van der Waals surface area contributed by atoms with Crippen LogP contribution in [0, 0.1) is 0 Å². The highest BCUT2D eigenvalue weighted by atomic mass is 32.2. The molecule has 1 fully saturated rings. The summed E-state index contributed by atoms with van der Waals surface area (Å²) in [4.78, 5) is 0. The van der Waals surface area contributed by atoms with E-state index in [-0.39, 0.29) is 27.8 Å². The lowest BCUT2D eigenvalue weighted by Gasteiger charge is -2.39. The Balaban J connectivity index is 2.27. The molecule has 1 saturated heterocycles. The Labute approximate surface area is 122 Å². The molecule has 108 valence electrons. The van der Waals surface area contributed by atoms with Crippen molar-refractivity contribution in [3.8, 4) is 0 Å². The van der Waals surface area contributed by atoms with Crippen LogP contribution in [0.15, 0.2) is 11.5 Å². The fraction of sp³-hybridized carbons (Fsp3) is 0.867. The zero-order valence-electron chi connectivity index (χ0n) is 13.6. The minimum absolute atomic E-state index is 0.140. The fourth-order valence-corrected chi connectivity index (χ4v) is 4.79. The molecule has 4 heteroatoms. The summed E-state index contributed by atoms with van der Waals surface area (Å²) < 4.78 is 12.8. The van der Waals surface area contributed by atoms with Gasteiger partial charge in [0, 0.05) is 9.49 Å². The third kappa shape index (κ3) is 3.06. The minimum Gasteiger partial charge on any atom is -0.400 e. The van der Waals surface area contributed by atoms with E-state index in [1.807, 2.05) is 11.8 Å². The van der Waals surface area contributed by atoms with Crippen LogP contribution in [0.2, 0.25) is 0 Å². The molecule has 0 N–H and O–H groups in total. The molecule has 2 aliphatic heterocycles. The molecular formula is C15H27BO2S. The Morgan fingerprint density at radius 1 is 0.947 bits per heavy atom. The van der Waals surface area contributed by atoms with Gasteiger partial charge in [0.15, 0.2) is 0 Å². The van der Waals surface area contributed by atoms with Gasteiger partial charge >= 0.3 is 7.12 Å². The van der Waals surface area contributed by atoms with Gasteiger partial charge in [0.25, 0.3) is 0 Å². The molecule has 0 aromatic rings. The van der Waals surface area contributed by atoms with Gasteiger partial charge in [0.05, 0.1) is 11.2 Å². The van der Waals surface area contributed by atoms with Crippen molar-refractivity contribution in [3.05, 3.63) is 11.5 Å². The van der Waals surface area contributed by atoms with Crippen molar-refractivity contribution in [2.75, 3.05) is 0 Å². The van der Waals surface area contributed by atoms with E-state index in [2.05, 4.69) is 61.5 Å². The molecule has 0 aromatic carbocycles. The van der Waals surface area contributed by atoms with Gasteiger partial charge in [0.1, 0.15) is 0 Å². The van der Waals surface area contributed by atoms with Crippen LogP contribution in [0.1, 0.15) is 61.8 Å².